The lowest BCUT2D eigenvalue weighted by Crippen LogP contribution is -2.45. The van der Waals surface area contributed by atoms with Crippen molar-refractivity contribution in [3.8, 4) is 0 Å². The Balaban J connectivity index is 1.29. The number of carbonyl (C=O) groups excluding carboxylic acids is 2. The van der Waals surface area contributed by atoms with Gasteiger partial charge in [0, 0.05) is 50.1 Å². The summed E-state index contributed by atoms with van der Waals surface area (Å²) in [5, 5.41) is 4.09. The summed E-state index contributed by atoms with van der Waals surface area (Å²) < 4.78 is 0. The van der Waals surface area contributed by atoms with Crippen LogP contribution in [0.15, 0.2) is 29.4 Å². The number of carbonyl (C=O) groups is 2. The zero-order valence-electron chi connectivity index (χ0n) is 17.5. The van der Waals surface area contributed by atoms with E-state index in [-0.39, 0.29) is 17.2 Å². The molecule has 0 bridgehead atoms. The molecule has 2 saturated heterocycles. The first kappa shape index (κ1) is 20.1. The van der Waals surface area contributed by atoms with E-state index in [1.807, 2.05) is 0 Å². The summed E-state index contributed by atoms with van der Waals surface area (Å²) in [6.07, 6.45) is 5.86. The van der Waals surface area contributed by atoms with Gasteiger partial charge >= 0.3 is 0 Å². The maximum absolute atomic E-state index is 12.8. The summed E-state index contributed by atoms with van der Waals surface area (Å²) >= 11 is 0. The van der Waals surface area contributed by atoms with Gasteiger partial charge in [0.25, 0.3) is 0 Å². The van der Waals surface area contributed by atoms with Crippen molar-refractivity contribution in [2.75, 3.05) is 26.2 Å². The molecule has 1 atom stereocenters. The van der Waals surface area contributed by atoms with Crippen molar-refractivity contribution in [3.05, 3.63) is 35.4 Å². The highest BCUT2D eigenvalue weighted by Crippen LogP contribution is 2.39. The highest BCUT2D eigenvalue weighted by molar-refractivity contribution is 5.94. The van der Waals surface area contributed by atoms with E-state index in [1.165, 1.54) is 24.0 Å². The van der Waals surface area contributed by atoms with Crippen LogP contribution in [0.2, 0.25) is 0 Å². The number of hydrazone groups is 1. The summed E-state index contributed by atoms with van der Waals surface area (Å²) in [7, 11) is 0. The molecule has 0 aliphatic carbocycles. The number of piperidine rings is 1. The van der Waals surface area contributed by atoms with Crippen molar-refractivity contribution in [2.45, 2.75) is 58.4 Å². The van der Waals surface area contributed by atoms with Gasteiger partial charge in [0.2, 0.25) is 11.8 Å². The lowest BCUT2D eigenvalue weighted by atomic mass is 9.79. The van der Waals surface area contributed by atoms with E-state index in [0.29, 0.717) is 25.7 Å². The molecule has 0 aromatic heterocycles. The Morgan fingerprint density at radius 2 is 2.10 bits per heavy atom. The number of hydrogen-bond acceptors (Lipinski definition) is 4. The van der Waals surface area contributed by atoms with Gasteiger partial charge in [-0.15, -0.1) is 0 Å². The highest BCUT2D eigenvalue weighted by atomic mass is 16.2. The summed E-state index contributed by atoms with van der Waals surface area (Å²) in [5.74, 6) is 0.200. The number of likely N-dealkylation sites (tertiary alicyclic amines) is 2. The maximum Gasteiger partial charge on any atom is 0.240 e. The fourth-order valence-electron chi connectivity index (χ4n) is 5.10. The minimum atomic E-state index is -0.0333. The molecule has 2 fully saturated rings. The van der Waals surface area contributed by atoms with Crippen LogP contribution >= 0.6 is 0 Å². The van der Waals surface area contributed by atoms with Crippen LogP contribution in [0, 0.1) is 12.3 Å². The van der Waals surface area contributed by atoms with Gasteiger partial charge in [0.05, 0.1) is 0 Å². The van der Waals surface area contributed by atoms with Gasteiger partial charge in [0.15, 0.2) is 0 Å². The summed E-state index contributed by atoms with van der Waals surface area (Å²) in [5.41, 5.74) is 6.41. The van der Waals surface area contributed by atoms with Crippen molar-refractivity contribution in [1.82, 2.24) is 15.2 Å². The molecule has 1 aromatic rings. The van der Waals surface area contributed by atoms with E-state index in [9.17, 15) is 9.59 Å². The average molecular weight is 397 g/mol. The lowest BCUT2D eigenvalue weighted by molar-refractivity contribution is -0.130. The molecular weight excluding hydrogens is 364 g/mol. The molecule has 2 amide bonds. The average Bonchev–Trinajstić information content (AvgIpc) is 3.10. The van der Waals surface area contributed by atoms with Gasteiger partial charge in [-0.2, -0.15) is 5.10 Å². The molecule has 1 spiro atoms. The second-order valence-electron chi connectivity index (χ2n) is 9.08. The van der Waals surface area contributed by atoms with Crippen LogP contribution in [-0.4, -0.2) is 53.5 Å². The fourth-order valence-corrected chi connectivity index (χ4v) is 5.10. The van der Waals surface area contributed by atoms with Crippen molar-refractivity contribution in [3.63, 3.8) is 0 Å². The maximum atomic E-state index is 12.8. The minimum Gasteiger partial charge on any atom is -0.342 e. The molecule has 0 radical (unpaired) electrons. The van der Waals surface area contributed by atoms with Gasteiger partial charge in [-0.05, 0) is 51.1 Å². The second kappa shape index (κ2) is 8.66. The first-order valence-corrected chi connectivity index (χ1v) is 10.9. The molecule has 1 N–H and O–H groups in total. The smallest absolute Gasteiger partial charge is 0.240 e. The first-order chi connectivity index (χ1) is 14.0. The van der Waals surface area contributed by atoms with Crippen molar-refractivity contribution in [1.29, 1.82) is 0 Å². The zero-order valence-corrected chi connectivity index (χ0v) is 17.5. The summed E-state index contributed by atoms with van der Waals surface area (Å²) in [6.45, 7) is 7.15. The Kier molecular flexibility index (Phi) is 5.99. The molecule has 1 aromatic carbocycles. The molecule has 3 heterocycles. The molecule has 3 aliphatic rings. The van der Waals surface area contributed by atoms with Crippen LogP contribution in [0.1, 0.15) is 56.1 Å². The minimum absolute atomic E-state index is 0.0333. The molecular formula is C23H32N4O2. The van der Waals surface area contributed by atoms with E-state index < -0.39 is 0 Å². The van der Waals surface area contributed by atoms with Crippen LogP contribution in [0.5, 0.6) is 0 Å². The fraction of sp³-hybridized carbons (Fsp3) is 0.609. The Morgan fingerprint density at radius 3 is 2.90 bits per heavy atom. The van der Waals surface area contributed by atoms with Crippen LogP contribution in [0.25, 0.3) is 0 Å². The van der Waals surface area contributed by atoms with E-state index in [2.05, 4.69) is 51.5 Å². The molecule has 1 unspecified atom stereocenters. The molecule has 156 valence electrons. The van der Waals surface area contributed by atoms with Crippen LogP contribution in [-0.2, 0) is 16.1 Å². The Morgan fingerprint density at radius 1 is 1.21 bits per heavy atom. The van der Waals surface area contributed by atoms with Gasteiger partial charge in [-0.1, -0.05) is 29.8 Å². The van der Waals surface area contributed by atoms with E-state index >= 15 is 0 Å². The van der Waals surface area contributed by atoms with Gasteiger partial charge in [-0.25, -0.2) is 5.43 Å². The van der Waals surface area contributed by atoms with E-state index in [0.717, 1.165) is 44.9 Å². The third-order valence-electron chi connectivity index (χ3n) is 6.63. The standard InChI is InChI=1S/C23H32N4O2/c1-18-4-2-5-19(14-18)15-26-12-3-10-23(16-26)11-13-27(17-23)22(29)9-7-20-6-8-21(28)25-24-20/h2,4-5,14H,3,6-13,15-17H2,1H3,(H,25,28). The molecule has 3 aliphatic heterocycles. The number of nitrogens with one attached hydrogen (secondary N) is 1. The monoisotopic (exact) mass is 396 g/mol. The molecule has 0 saturated carbocycles. The molecule has 6 nitrogen and oxygen atoms in total. The van der Waals surface area contributed by atoms with Gasteiger partial charge < -0.3 is 4.90 Å². The number of benzene rings is 1. The van der Waals surface area contributed by atoms with Crippen molar-refractivity contribution in [2.24, 2.45) is 10.5 Å². The Bertz CT molecular complexity index is 806. The third-order valence-corrected chi connectivity index (χ3v) is 6.63. The van der Waals surface area contributed by atoms with E-state index in [4.69, 9.17) is 0 Å². The van der Waals surface area contributed by atoms with Crippen LogP contribution in [0.3, 0.4) is 0 Å². The van der Waals surface area contributed by atoms with Crippen LogP contribution < -0.4 is 5.43 Å². The van der Waals surface area contributed by atoms with E-state index in [1.54, 1.807) is 0 Å². The quantitative estimate of drug-likeness (QED) is 0.832. The third kappa shape index (κ3) is 5.04. The molecule has 4 rings (SSSR count). The summed E-state index contributed by atoms with van der Waals surface area (Å²) in [6, 6.07) is 8.79. The lowest BCUT2D eigenvalue weighted by Gasteiger charge is -2.40. The van der Waals surface area contributed by atoms with Crippen LogP contribution in [0.4, 0.5) is 0 Å². The number of amides is 2. The van der Waals surface area contributed by atoms with Gasteiger partial charge in [-0.3, -0.25) is 14.5 Å². The normalized spacial score (nSPS) is 25.2. The number of nitrogens with zero attached hydrogens (tertiary/aromatic N) is 3. The molecule has 6 heteroatoms. The Labute approximate surface area is 173 Å². The number of rotatable bonds is 5. The Hall–Kier alpha value is -2.21. The largest absolute Gasteiger partial charge is 0.342 e. The topological polar surface area (TPSA) is 65.0 Å². The SMILES string of the molecule is Cc1cccc(CN2CCCC3(CCN(C(=O)CCC4=NNC(=O)CC4)C3)C2)c1. The summed E-state index contributed by atoms with van der Waals surface area (Å²) in [4.78, 5) is 28.6. The zero-order chi connectivity index (χ0) is 20.3. The van der Waals surface area contributed by atoms with Gasteiger partial charge in [0.1, 0.15) is 0 Å². The highest BCUT2D eigenvalue weighted by Gasteiger charge is 2.42. The van der Waals surface area contributed by atoms with Crippen molar-refractivity contribution >= 4 is 17.5 Å². The predicted molar refractivity (Wildman–Crippen MR) is 113 cm³/mol. The number of hydrogen-bond donors (Lipinski definition) is 1. The van der Waals surface area contributed by atoms with Crippen molar-refractivity contribution < 1.29 is 9.59 Å². The predicted octanol–water partition coefficient (Wildman–Crippen LogP) is 2.86. The number of aryl methyl sites for hydroxylation is 1. The molecule has 29 heavy (non-hydrogen) atoms. The second-order valence-corrected chi connectivity index (χ2v) is 9.08. The first-order valence-electron chi connectivity index (χ1n) is 10.9.